The van der Waals surface area contributed by atoms with Crippen molar-refractivity contribution >= 4 is 11.8 Å². The van der Waals surface area contributed by atoms with Gasteiger partial charge in [-0.3, -0.25) is 4.79 Å². The molecule has 2 rings (SSSR count). The molecule has 1 aromatic carbocycles. The van der Waals surface area contributed by atoms with Gasteiger partial charge >= 0.3 is 5.97 Å². The zero-order chi connectivity index (χ0) is 15.2. The predicted octanol–water partition coefficient (Wildman–Crippen LogP) is 3.25. The maximum atomic E-state index is 11.6. The lowest BCUT2D eigenvalue weighted by Gasteiger charge is -2.07. The Labute approximate surface area is 122 Å². The van der Waals surface area contributed by atoms with Crippen molar-refractivity contribution in [2.45, 2.75) is 13.8 Å². The van der Waals surface area contributed by atoms with Crippen molar-refractivity contribution in [3.63, 3.8) is 0 Å². The molecule has 0 bridgehead atoms. The first-order chi connectivity index (χ1) is 10.1. The third-order valence-corrected chi connectivity index (χ3v) is 2.71. The van der Waals surface area contributed by atoms with Crippen LogP contribution in [0.15, 0.2) is 42.6 Å². The van der Waals surface area contributed by atoms with Gasteiger partial charge in [0, 0.05) is 17.8 Å². The van der Waals surface area contributed by atoms with Gasteiger partial charge in [-0.25, -0.2) is 9.78 Å². The Morgan fingerprint density at radius 2 is 1.95 bits per heavy atom. The topological polar surface area (TPSA) is 65.5 Å². The van der Waals surface area contributed by atoms with Crippen molar-refractivity contribution < 1.29 is 19.1 Å². The van der Waals surface area contributed by atoms with E-state index in [1.165, 1.54) is 19.2 Å². The summed E-state index contributed by atoms with van der Waals surface area (Å²) in [5, 5.41) is 0. The molecule has 0 spiro atoms. The van der Waals surface area contributed by atoms with Gasteiger partial charge in [-0.1, -0.05) is 12.1 Å². The van der Waals surface area contributed by atoms with Gasteiger partial charge < -0.3 is 9.47 Å². The molecule has 0 amide bonds. The van der Waals surface area contributed by atoms with Gasteiger partial charge in [0.05, 0.1) is 12.2 Å². The monoisotopic (exact) mass is 285 g/mol. The number of carbonyl (C=O) groups excluding carboxylic acids is 2. The van der Waals surface area contributed by atoms with E-state index in [-0.39, 0.29) is 11.7 Å². The molecule has 0 aliphatic rings. The average Bonchev–Trinajstić information content (AvgIpc) is 2.48. The summed E-state index contributed by atoms with van der Waals surface area (Å²) < 4.78 is 10.5. The Morgan fingerprint density at radius 3 is 2.67 bits per heavy atom. The third kappa shape index (κ3) is 3.89. The minimum atomic E-state index is -0.428. The molecule has 0 atom stereocenters. The molecular formula is C16H15NO4. The number of esters is 1. The number of Topliss-reactive ketones (excluding diaryl/α,β-unsaturated/α-hetero) is 1. The summed E-state index contributed by atoms with van der Waals surface area (Å²) >= 11 is 0. The summed E-state index contributed by atoms with van der Waals surface area (Å²) in [6.45, 7) is 3.53. The normalized spacial score (nSPS) is 10.0. The summed E-state index contributed by atoms with van der Waals surface area (Å²) in [5.74, 6) is 0.272. The Balaban J connectivity index is 2.20. The summed E-state index contributed by atoms with van der Waals surface area (Å²) in [4.78, 5) is 27.0. The molecule has 0 aliphatic heterocycles. The largest absolute Gasteiger partial charge is 0.462 e. The Bertz CT molecular complexity index is 667. The van der Waals surface area contributed by atoms with Crippen LogP contribution in [0.2, 0.25) is 0 Å². The number of rotatable bonds is 5. The molecule has 0 saturated heterocycles. The van der Waals surface area contributed by atoms with E-state index in [2.05, 4.69) is 4.98 Å². The highest BCUT2D eigenvalue weighted by atomic mass is 16.5. The van der Waals surface area contributed by atoms with Crippen LogP contribution in [0, 0.1) is 0 Å². The fourth-order valence-corrected chi connectivity index (χ4v) is 1.71. The smallest absolute Gasteiger partial charge is 0.338 e. The lowest BCUT2D eigenvalue weighted by Crippen LogP contribution is -2.05. The van der Waals surface area contributed by atoms with E-state index in [4.69, 9.17) is 9.47 Å². The van der Waals surface area contributed by atoms with Crippen LogP contribution in [0.3, 0.4) is 0 Å². The van der Waals surface area contributed by atoms with Gasteiger partial charge in [-0.05, 0) is 32.0 Å². The van der Waals surface area contributed by atoms with E-state index in [1.807, 2.05) is 0 Å². The number of ether oxygens (including phenoxy) is 2. The van der Waals surface area contributed by atoms with E-state index in [9.17, 15) is 9.59 Å². The van der Waals surface area contributed by atoms with Crippen LogP contribution < -0.4 is 4.74 Å². The number of hydrogen-bond donors (Lipinski definition) is 0. The van der Waals surface area contributed by atoms with Crippen LogP contribution >= 0.6 is 0 Å². The van der Waals surface area contributed by atoms with Crippen molar-refractivity contribution in [2.75, 3.05) is 6.61 Å². The molecule has 5 heteroatoms. The number of nitrogens with zero attached hydrogens (tertiary/aromatic N) is 1. The first-order valence-electron chi connectivity index (χ1n) is 6.52. The highest BCUT2D eigenvalue weighted by molar-refractivity contribution is 5.94. The second-order valence-corrected chi connectivity index (χ2v) is 4.29. The van der Waals surface area contributed by atoms with Gasteiger partial charge in [-0.2, -0.15) is 0 Å². The first-order valence-corrected chi connectivity index (χ1v) is 6.52. The molecule has 0 aliphatic carbocycles. The summed E-state index contributed by atoms with van der Waals surface area (Å²) in [5.41, 5.74) is 0.915. The molecule has 108 valence electrons. The summed E-state index contributed by atoms with van der Waals surface area (Å²) in [7, 11) is 0. The van der Waals surface area contributed by atoms with Crippen LogP contribution in [0.1, 0.15) is 34.6 Å². The molecule has 0 radical (unpaired) electrons. The molecule has 2 aromatic rings. The van der Waals surface area contributed by atoms with E-state index in [0.29, 0.717) is 23.5 Å². The number of aromatic nitrogens is 1. The predicted molar refractivity (Wildman–Crippen MR) is 76.7 cm³/mol. The fraction of sp³-hybridized carbons (Fsp3) is 0.188. The molecule has 1 heterocycles. The number of carbonyl (C=O) groups is 2. The Kier molecular flexibility index (Phi) is 4.66. The van der Waals surface area contributed by atoms with Crippen LogP contribution in [0.5, 0.6) is 11.6 Å². The zero-order valence-electron chi connectivity index (χ0n) is 11.8. The quantitative estimate of drug-likeness (QED) is 0.623. The molecule has 21 heavy (non-hydrogen) atoms. The van der Waals surface area contributed by atoms with Crippen LogP contribution in [0.4, 0.5) is 0 Å². The van der Waals surface area contributed by atoms with Gasteiger partial charge in [0.1, 0.15) is 5.75 Å². The standard InChI is InChI=1S/C16H15NO4/c1-3-20-16(19)13-7-8-17-15(10-13)21-14-6-4-5-12(9-14)11(2)18/h4-10H,3H2,1-2H3. The fourth-order valence-electron chi connectivity index (χ4n) is 1.71. The van der Waals surface area contributed by atoms with E-state index in [0.717, 1.165) is 0 Å². The minimum absolute atomic E-state index is 0.0475. The average molecular weight is 285 g/mol. The SMILES string of the molecule is CCOC(=O)c1ccnc(Oc2cccc(C(C)=O)c2)c1. The number of ketones is 1. The maximum Gasteiger partial charge on any atom is 0.338 e. The zero-order valence-corrected chi connectivity index (χ0v) is 11.8. The lowest BCUT2D eigenvalue weighted by atomic mass is 10.1. The number of hydrogen-bond acceptors (Lipinski definition) is 5. The molecule has 5 nitrogen and oxygen atoms in total. The van der Waals surface area contributed by atoms with Gasteiger partial charge in [0.15, 0.2) is 5.78 Å². The number of pyridine rings is 1. The molecule has 0 saturated carbocycles. The Hall–Kier alpha value is -2.69. The van der Waals surface area contributed by atoms with E-state index in [1.54, 1.807) is 37.3 Å². The van der Waals surface area contributed by atoms with Crippen LogP contribution in [0.25, 0.3) is 0 Å². The summed E-state index contributed by atoms with van der Waals surface area (Å²) in [6, 6.07) is 9.82. The van der Waals surface area contributed by atoms with E-state index < -0.39 is 5.97 Å². The summed E-state index contributed by atoms with van der Waals surface area (Å²) in [6.07, 6.45) is 1.47. The number of benzene rings is 1. The van der Waals surface area contributed by atoms with Crippen molar-refractivity contribution in [3.8, 4) is 11.6 Å². The molecular weight excluding hydrogens is 270 g/mol. The van der Waals surface area contributed by atoms with Gasteiger partial charge in [-0.15, -0.1) is 0 Å². The molecule has 0 fully saturated rings. The second kappa shape index (κ2) is 6.65. The molecule has 0 unspecified atom stereocenters. The first kappa shape index (κ1) is 14.7. The third-order valence-electron chi connectivity index (χ3n) is 2.71. The van der Waals surface area contributed by atoms with Crippen LogP contribution in [-0.2, 0) is 4.74 Å². The van der Waals surface area contributed by atoms with Crippen LogP contribution in [-0.4, -0.2) is 23.3 Å². The Morgan fingerprint density at radius 1 is 1.14 bits per heavy atom. The molecule has 1 aromatic heterocycles. The van der Waals surface area contributed by atoms with Crippen molar-refractivity contribution in [3.05, 3.63) is 53.7 Å². The van der Waals surface area contributed by atoms with Crippen molar-refractivity contribution in [1.29, 1.82) is 0 Å². The van der Waals surface area contributed by atoms with Gasteiger partial charge in [0.2, 0.25) is 5.88 Å². The lowest BCUT2D eigenvalue weighted by molar-refractivity contribution is 0.0525. The highest BCUT2D eigenvalue weighted by Gasteiger charge is 2.09. The molecule has 0 N–H and O–H groups in total. The maximum absolute atomic E-state index is 11.6. The van der Waals surface area contributed by atoms with Crippen molar-refractivity contribution in [1.82, 2.24) is 4.98 Å². The van der Waals surface area contributed by atoms with E-state index >= 15 is 0 Å². The second-order valence-electron chi connectivity index (χ2n) is 4.29. The minimum Gasteiger partial charge on any atom is -0.462 e. The van der Waals surface area contributed by atoms with Gasteiger partial charge in [0.25, 0.3) is 0 Å². The van der Waals surface area contributed by atoms with Crippen molar-refractivity contribution in [2.24, 2.45) is 0 Å². The highest BCUT2D eigenvalue weighted by Crippen LogP contribution is 2.21.